The van der Waals surface area contributed by atoms with Gasteiger partial charge in [-0.3, -0.25) is 0 Å². The van der Waals surface area contributed by atoms with Gasteiger partial charge in [0.15, 0.2) is 0 Å². The Morgan fingerprint density at radius 2 is 2.31 bits per heavy atom. The maximum absolute atomic E-state index is 9.46. The molecule has 1 heterocycles. The number of ether oxygens (including phenoxy) is 1. The Hall–Kier alpha value is -0.680. The van der Waals surface area contributed by atoms with Crippen molar-refractivity contribution in [2.45, 2.75) is 19.1 Å². The summed E-state index contributed by atoms with van der Waals surface area (Å²) >= 11 is 5.70. The van der Waals surface area contributed by atoms with Crippen molar-refractivity contribution in [2.75, 3.05) is 20.3 Å². The number of rotatable bonds is 6. The van der Waals surface area contributed by atoms with Crippen LogP contribution in [0, 0.1) is 0 Å². The fourth-order valence-corrected chi connectivity index (χ4v) is 1.44. The van der Waals surface area contributed by atoms with E-state index in [2.05, 4.69) is 10.3 Å². The van der Waals surface area contributed by atoms with Crippen LogP contribution in [-0.2, 0) is 4.74 Å². The molecule has 5 heteroatoms. The Balaban J connectivity index is 2.40. The molecule has 1 aromatic rings. The number of nitrogens with zero attached hydrogens (tertiary/aromatic N) is 1. The van der Waals surface area contributed by atoms with E-state index in [1.807, 2.05) is 13.0 Å². The van der Waals surface area contributed by atoms with E-state index in [1.165, 1.54) is 0 Å². The Kier molecular flexibility index (Phi) is 5.69. The molecule has 0 aliphatic rings. The summed E-state index contributed by atoms with van der Waals surface area (Å²) in [6.45, 7) is 2.82. The molecule has 0 saturated heterocycles. The Bertz CT molecular complexity index is 305. The van der Waals surface area contributed by atoms with Crippen molar-refractivity contribution >= 4 is 11.6 Å². The summed E-state index contributed by atoms with van der Waals surface area (Å²) in [5, 5.41) is 13.1. The predicted molar refractivity (Wildman–Crippen MR) is 63.5 cm³/mol. The van der Waals surface area contributed by atoms with Gasteiger partial charge in [0, 0.05) is 25.9 Å². The van der Waals surface area contributed by atoms with Crippen molar-refractivity contribution in [3.63, 3.8) is 0 Å². The summed E-state index contributed by atoms with van der Waals surface area (Å²) in [6.07, 6.45) is 1.23. The highest BCUT2D eigenvalue weighted by molar-refractivity contribution is 6.29. The van der Waals surface area contributed by atoms with Crippen LogP contribution in [-0.4, -0.2) is 36.5 Å². The highest BCUT2D eigenvalue weighted by atomic mass is 35.5. The number of aromatic nitrogens is 1. The third kappa shape index (κ3) is 4.45. The van der Waals surface area contributed by atoms with E-state index in [0.717, 1.165) is 5.56 Å². The molecule has 1 aromatic heterocycles. The number of methoxy groups -OCH3 is 1. The monoisotopic (exact) mass is 244 g/mol. The summed E-state index contributed by atoms with van der Waals surface area (Å²) in [5.74, 6) is 0. The van der Waals surface area contributed by atoms with E-state index < -0.39 is 6.10 Å². The molecule has 4 nitrogen and oxygen atoms in total. The van der Waals surface area contributed by atoms with Crippen molar-refractivity contribution in [3.05, 3.63) is 29.0 Å². The van der Waals surface area contributed by atoms with E-state index in [1.54, 1.807) is 19.4 Å². The van der Waals surface area contributed by atoms with Gasteiger partial charge >= 0.3 is 0 Å². The fourth-order valence-electron chi connectivity index (χ4n) is 1.33. The highest BCUT2D eigenvalue weighted by Crippen LogP contribution is 2.13. The number of nitrogens with one attached hydrogen (secondary N) is 1. The Morgan fingerprint density at radius 3 is 2.88 bits per heavy atom. The molecule has 2 atom stereocenters. The van der Waals surface area contributed by atoms with Gasteiger partial charge in [0.2, 0.25) is 0 Å². The van der Waals surface area contributed by atoms with Crippen LogP contribution in [0.15, 0.2) is 18.3 Å². The number of halogens is 1. The highest BCUT2D eigenvalue weighted by Gasteiger charge is 2.08. The molecule has 0 aromatic carbocycles. The predicted octanol–water partition coefficient (Wildman–Crippen LogP) is 1.39. The third-order valence-electron chi connectivity index (χ3n) is 2.27. The molecule has 0 aliphatic heterocycles. The molecule has 2 unspecified atom stereocenters. The molecule has 0 saturated carbocycles. The molecule has 0 fully saturated rings. The standard InChI is InChI=1S/C11H17ClN2O2/c1-8(13-6-10(15)7-16-2)9-3-4-11(12)14-5-9/h3-5,8,10,13,15H,6-7H2,1-2H3. The number of pyridine rings is 1. The first-order chi connectivity index (χ1) is 7.63. The smallest absolute Gasteiger partial charge is 0.129 e. The van der Waals surface area contributed by atoms with Gasteiger partial charge in [0.25, 0.3) is 0 Å². The maximum Gasteiger partial charge on any atom is 0.129 e. The van der Waals surface area contributed by atoms with Gasteiger partial charge in [0.1, 0.15) is 5.15 Å². The van der Waals surface area contributed by atoms with Gasteiger partial charge in [-0.2, -0.15) is 0 Å². The average Bonchev–Trinajstić information content (AvgIpc) is 2.27. The normalized spacial score (nSPS) is 14.8. The van der Waals surface area contributed by atoms with Crippen LogP contribution in [0.2, 0.25) is 5.15 Å². The van der Waals surface area contributed by atoms with Crippen molar-refractivity contribution in [3.8, 4) is 0 Å². The van der Waals surface area contributed by atoms with E-state index in [9.17, 15) is 5.11 Å². The molecule has 0 spiro atoms. The van der Waals surface area contributed by atoms with E-state index in [0.29, 0.717) is 18.3 Å². The SMILES string of the molecule is COCC(O)CNC(C)c1ccc(Cl)nc1. The van der Waals surface area contributed by atoms with E-state index in [4.69, 9.17) is 16.3 Å². The van der Waals surface area contributed by atoms with Gasteiger partial charge in [0.05, 0.1) is 12.7 Å². The van der Waals surface area contributed by atoms with Gasteiger partial charge in [-0.05, 0) is 18.6 Å². The second-order valence-electron chi connectivity index (χ2n) is 3.65. The van der Waals surface area contributed by atoms with Gasteiger partial charge in [-0.25, -0.2) is 4.98 Å². The van der Waals surface area contributed by atoms with E-state index in [-0.39, 0.29) is 6.04 Å². The van der Waals surface area contributed by atoms with Crippen LogP contribution in [0.1, 0.15) is 18.5 Å². The minimum Gasteiger partial charge on any atom is -0.389 e. The van der Waals surface area contributed by atoms with Crippen molar-refractivity contribution < 1.29 is 9.84 Å². The molecule has 16 heavy (non-hydrogen) atoms. The molecule has 90 valence electrons. The second-order valence-corrected chi connectivity index (χ2v) is 4.04. The van der Waals surface area contributed by atoms with Gasteiger partial charge < -0.3 is 15.2 Å². The number of hydrogen-bond acceptors (Lipinski definition) is 4. The minimum atomic E-state index is -0.493. The lowest BCUT2D eigenvalue weighted by Crippen LogP contribution is -2.31. The number of aliphatic hydroxyl groups excluding tert-OH is 1. The number of aliphatic hydroxyl groups is 1. The second kappa shape index (κ2) is 6.81. The summed E-state index contributed by atoms with van der Waals surface area (Å²) < 4.78 is 4.84. The first-order valence-corrected chi connectivity index (χ1v) is 5.53. The third-order valence-corrected chi connectivity index (χ3v) is 2.49. The van der Waals surface area contributed by atoms with Crippen LogP contribution < -0.4 is 5.32 Å². The summed E-state index contributed by atoms with van der Waals surface area (Å²) in [4.78, 5) is 4.00. The lowest BCUT2D eigenvalue weighted by molar-refractivity contribution is 0.0630. The quantitative estimate of drug-likeness (QED) is 0.743. The van der Waals surface area contributed by atoms with Crippen molar-refractivity contribution in [2.24, 2.45) is 0 Å². The summed E-state index contributed by atoms with van der Waals surface area (Å²) in [6, 6.07) is 3.78. The zero-order chi connectivity index (χ0) is 12.0. The first kappa shape index (κ1) is 13.4. The Labute approximate surface area is 101 Å². The Morgan fingerprint density at radius 1 is 1.56 bits per heavy atom. The van der Waals surface area contributed by atoms with E-state index >= 15 is 0 Å². The summed E-state index contributed by atoms with van der Waals surface area (Å²) in [5.41, 5.74) is 1.04. The topological polar surface area (TPSA) is 54.4 Å². The average molecular weight is 245 g/mol. The molecule has 0 amide bonds. The van der Waals surface area contributed by atoms with Crippen LogP contribution in [0.3, 0.4) is 0 Å². The maximum atomic E-state index is 9.46. The molecular weight excluding hydrogens is 228 g/mol. The fraction of sp³-hybridized carbons (Fsp3) is 0.545. The lowest BCUT2D eigenvalue weighted by atomic mass is 10.1. The molecule has 0 bridgehead atoms. The van der Waals surface area contributed by atoms with Gasteiger partial charge in [-0.1, -0.05) is 17.7 Å². The molecule has 1 rings (SSSR count). The lowest BCUT2D eigenvalue weighted by Gasteiger charge is -2.16. The minimum absolute atomic E-state index is 0.122. The van der Waals surface area contributed by atoms with Crippen LogP contribution in [0.4, 0.5) is 0 Å². The largest absolute Gasteiger partial charge is 0.389 e. The van der Waals surface area contributed by atoms with Crippen LogP contribution >= 0.6 is 11.6 Å². The molecular formula is C11H17ClN2O2. The summed E-state index contributed by atoms with van der Waals surface area (Å²) in [7, 11) is 1.57. The number of hydrogen-bond donors (Lipinski definition) is 2. The van der Waals surface area contributed by atoms with Gasteiger partial charge in [-0.15, -0.1) is 0 Å². The zero-order valence-electron chi connectivity index (χ0n) is 9.48. The molecule has 2 N–H and O–H groups in total. The van der Waals surface area contributed by atoms with Crippen molar-refractivity contribution in [1.29, 1.82) is 0 Å². The first-order valence-electron chi connectivity index (χ1n) is 5.15. The van der Waals surface area contributed by atoms with Crippen molar-refractivity contribution in [1.82, 2.24) is 10.3 Å². The molecule has 0 radical (unpaired) electrons. The van der Waals surface area contributed by atoms with Crippen LogP contribution in [0.5, 0.6) is 0 Å². The molecule has 0 aliphatic carbocycles. The zero-order valence-corrected chi connectivity index (χ0v) is 10.2. The van der Waals surface area contributed by atoms with Crippen LogP contribution in [0.25, 0.3) is 0 Å².